The van der Waals surface area contributed by atoms with Crippen molar-refractivity contribution < 1.29 is 18.4 Å². The van der Waals surface area contributed by atoms with E-state index in [0.29, 0.717) is 16.8 Å². The van der Waals surface area contributed by atoms with Crippen LogP contribution in [0.15, 0.2) is 187 Å². The summed E-state index contributed by atoms with van der Waals surface area (Å²) >= 11 is 0. The number of halogens is 5. The van der Waals surface area contributed by atoms with Crippen molar-refractivity contribution >= 4 is 130 Å². The molecular weight excluding hydrogens is 1050 g/mol. The summed E-state index contributed by atoms with van der Waals surface area (Å²) in [7, 11) is 0. The number of benzene rings is 4. The number of aromatic nitrogens is 4. The molecule has 0 atom stereocenters. The maximum Gasteiger partial charge on any atom is 0.261 e. The largest absolute Gasteiger partial charge is 0.399 e. The summed E-state index contributed by atoms with van der Waals surface area (Å²) in [6.45, 7) is 0.0398. The van der Waals surface area contributed by atoms with E-state index in [1.807, 2.05) is 79.0 Å². The molecule has 0 aliphatic heterocycles. The summed E-state index contributed by atoms with van der Waals surface area (Å²) in [5.74, 6) is -2.21. The third-order valence-corrected chi connectivity index (χ3v) is 12.4. The Labute approximate surface area is 492 Å². The maximum atomic E-state index is 13.5. The number of anilines is 2. The number of nitrogen functional groups attached to an aromatic ring is 2. The molecule has 76 heavy (non-hydrogen) atoms. The van der Waals surface area contributed by atoms with Crippen LogP contribution < -0.4 is 17.0 Å². The van der Waals surface area contributed by atoms with Gasteiger partial charge in [-0.25, -0.2) is 8.78 Å². The van der Waals surface area contributed by atoms with Crippen molar-refractivity contribution in [1.82, 2.24) is 19.5 Å². The monoisotopic (exact) mass is 1100 g/mol. The first-order chi connectivity index (χ1) is 34.1. The molecule has 0 unspecified atom stereocenters. The van der Waals surface area contributed by atoms with Gasteiger partial charge in [-0.05, 0) is 124 Å². The average Bonchev–Trinajstić information content (AvgIpc) is 4.11. The van der Waals surface area contributed by atoms with Crippen LogP contribution in [0.4, 0.5) is 20.2 Å². The number of nitrogens with zero attached hydrogens (tertiary/aromatic N) is 4. The quantitative estimate of drug-likeness (QED) is 0.0741. The van der Waals surface area contributed by atoms with Gasteiger partial charge in [-0.2, -0.15) is 0 Å². The molecule has 382 valence electrons. The van der Waals surface area contributed by atoms with Crippen LogP contribution in [-0.4, -0.2) is 84.7 Å². The zero-order chi connectivity index (χ0) is 48.6. The average molecular weight is 1100 g/mol. The third kappa shape index (κ3) is 15.7. The van der Waals surface area contributed by atoms with Crippen LogP contribution in [0.5, 0.6) is 0 Å². The number of nitrogens with two attached hydrogens (primary N) is 2. The van der Waals surface area contributed by atoms with Crippen molar-refractivity contribution in [3.63, 3.8) is 0 Å². The predicted octanol–water partition coefficient (Wildman–Crippen LogP) is 9.29. The van der Waals surface area contributed by atoms with Crippen LogP contribution >= 0.6 is 37.2 Å². The molecule has 0 amide bonds. The topological polar surface area (TPSA) is 147 Å². The van der Waals surface area contributed by atoms with Crippen molar-refractivity contribution in [2.24, 2.45) is 0 Å². The van der Waals surface area contributed by atoms with E-state index in [0.717, 1.165) is 83.6 Å². The Morgan fingerprint density at radius 3 is 1.67 bits per heavy atom. The third-order valence-electron chi connectivity index (χ3n) is 12.4. The van der Waals surface area contributed by atoms with E-state index < -0.39 is 17.2 Å². The second-order valence-corrected chi connectivity index (χ2v) is 17.3. The minimum absolute atomic E-state index is 0. The molecule has 3 aliphatic carbocycles. The van der Waals surface area contributed by atoms with Crippen LogP contribution in [0.1, 0.15) is 76.7 Å². The maximum absolute atomic E-state index is 13.5. The van der Waals surface area contributed by atoms with E-state index in [9.17, 15) is 23.2 Å². The molecule has 11 rings (SSSR count). The molecular formula is C59H56Al2Cl3F2LiN6O3. The summed E-state index contributed by atoms with van der Waals surface area (Å²) in [5, 5.41) is 0. The molecule has 4 aromatic carbocycles. The number of allylic oxidation sites excluding steroid dienone is 6. The van der Waals surface area contributed by atoms with E-state index in [4.69, 9.17) is 11.5 Å². The first kappa shape index (κ1) is 64.1. The van der Waals surface area contributed by atoms with Gasteiger partial charge in [0, 0.05) is 97.4 Å². The number of carbonyl (C=O) groups is 2. The molecule has 3 aliphatic rings. The zero-order valence-corrected chi connectivity index (χ0v) is 45.9. The minimum atomic E-state index is -0.976. The van der Waals surface area contributed by atoms with Gasteiger partial charge in [0.25, 0.3) is 5.56 Å². The summed E-state index contributed by atoms with van der Waals surface area (Å²) in [6.07, 6.45) is 17.6. The van der Waals surface area contributed by atoms with Gasteiger partial charge in [0.15, 0.2) is 40.6 Å². The van der Waals surface area contributed by atoms with E-state index in [-0.39, 0.29) is 121 Å². The fourth-order valence-electron chi connectivity index (χ4n) is 8.97. The van der Waals surface area contributed by atoms with E-state index in [1.54, 1.807) is 42.7 Å². The Balaban J connectivity index is 0.000000316. The molecule has 0 bridgehead atoms. The predicted molar refractivity (Wildman–Crippen MR) is 318 cm³/mol. The molecule has 4 N–H and O–H groups in total. The molecule has 0 fully saturated rings. The van der Waals surface area contributed by atoms with Gasteiger partial charge >= 0.3 is 0 Å². The molecule has 0 spiro atoms. The molecule has 9 nitrogen and oxygen atoms in total. The SMILES string of the molecule is Cl.Cl.Cl.Nc1cccc(C(=O)C2=CCc3ncccc32)c1.Nc1cccc(CC2=CCc3ncccc32)c1.O=C(Cc1cccc(CC2=CCc3ncccc32)c1)c1cccn(Cc2ccc(F)c(F)c2)c1=O.[AlH2].[AlH3].[Li]. The molecule has 4 aromatic heterocycles. The van der Waals surface area contributed by atoms with Gasteiger partial charge in [0.1, 0.15) is 17.4 Å². The summed E-state index contributed by atoms with van der Waals surface area (Å²) in [4.78, 5) is 51.5. The Bertz CT molecular complexity index is 3490. The van der Waals surface area contributed by atoms with Gasteiger partial charge in [-0.15, -0.1) is 37.2 Å². The van der Waals surface area contributed by atoms with Gasteiger partial charge in [-0.1, -0.05) is 91.0 Å². The van der Waals surface area contributed by atoms with Gasteiger partial charge in [-0.3, -0.25) is 29.3 Å². The number of carbonyl (C=O) groups excluding carboxylic acids is 2. The van der Waals surface area contributed by atoms with E-state index >= 15 is 0 Å². The van der Waals surface area contributed by atoms with Crippen LogP contribution in [0.2, 0.25) is 0 Å². The number of rotatable bonds is 11. The van der Waals surface area contributed by atoms with Crippen molar-refractivity contribution in [2.45, 2.75) is 45.1 Å². The summed E-state index contributed by atoms with van der Waals surface area (Å²) < 4.78 is 28.1. The summed E-state index contributed by atoms with van der Waals surface area (Å²) in [5.41, 5.74) is 26.7. The summed E-state index contributed by atoms with van der Waals surface area (Å²) in [6, 6.07) is 41.5. The Hall–Kier alpha value is -6.17. The number of Topliss-reactive ketones (excluding diaryl/α,β-unsaturated/α-hetero) is 2. The number of pyridine rings is 4. The van der Waals surface area contributed by atoms with Crippen molar-refractivity contribution in [3.8, 4) is 0 Å². The number of fused-ring (bicyclic) bond motifs is 3. The van der Waals surface area contributed by atoms with Crippen LogP contribution in [0, 0.1) is 11.6 Å². The van der Waals surface area contributed by atoms with Gasteiger partial charge < -0.3 is 16.0 Å². The number of hydrogen-bond acceptors (Lipinski definition) is 8. The number of hydrogen-bond donors (Lipinski definition) is 2. The smallest absolute Gasteiger partial charge is 0.261 e. The Morgan fingerprint density at radius 2 is 1.08 bits per heavy atom. The zero-order valence-electron chi connectivity index (χ0n) is 41.4. The van der Waals surface area contributed by atoms with Crippen LogP contribution in [0.25, 0.3) is 16.7 Å². The molecule has 4 heterocycles. The Morgan fingerprint density at radius 1 is 0.553 bits per heavy atom. The van der Waals surface area contributed by atoms with Crippen LogP contribution in [-0.2, 0) is 45.1 Å². The molecule has 8 aromatic rings. The molecule has 0 saturated carbocycles. The molecule has 2 radical (unpaired) electrons. The van der Waals surface area contributed by atoms with Gasteiger partial charge in [0.2, 0.25) is 0 Å². The first-order valence-corrected chi connectivity index (χ1v) is 23.0. The first-order valence-electron chi connectivity index (χ1n) is 23.0. The number of ketones is 2. The minimum Gasteiger partial charge on any atom is -0.399 e. The molecule has 0 saturated heterocycles. The van der Waals surface area contributed by atoms with Crippen molar-refractivity contribution in [2.75, 3.05) is 11.5 Å². The van der Waals surface area contributed by atoms with Crippen molar-refractivity contribution in [3.05, 3.63) is 272 Å². The van der Waals surface area contributed by atoms with Crippen LogP contribution in [0.3, 0.4) is 0 Å². The fourth-order valence-corrected chi connectivity index (χ4v) is 8.97. The second kappa shape index (κ2) is 30.0. The van der Waals surface area contributed by atoms with Gasteiger partial charge in [0.05, 0.1) is 29.2 Å². The standard InChI is InChI=1S/C29H22F2N2O2.C15H12N2O.C15H14N2.2Al.3ClH.Li.5H/c30-25-10-8-21(16-26(25)31)18-33-13-3-7-24(29(33)35)28(34)17-20-5-1-4-19(14-20)15-22-9-11-27-23(22)6-2-12-32-27;16-11-4-1-3-10(9-11)15(18)13-6-7-14-12(13)5-2-8-17-14;16-13-4-1-3-11(10-13)9-12-6-7-15-14(12)5-2-8-17-15;;;;;;;;;;;/h1-10,12-14,16H,11,15,17-18H2;1-6,8-9H,7,16H2;1-6,8,10H,7,9,16H2;;;3*1H;;;;;;. The van der Waals surface area contributed by atoms with E-state index in [1.165, 1.54) is 56.4 Å². The molecule has 17 heteroatoms. The second-order valence-electron chi connectivity index (χ2n) is 17.3. The van der Waals surface area contributed by atoms with Crippen molar-refractivity contribution in [1.29, 1.82) is 0 Å². The fraction of sp³-hybridized carbons (Fsp3) is 0.119. The van der Waals surface area contributed by atoms with E-state index in [2.05, 4.69) is 45.3 Å². The Kier molecular flexibility index (Phi) is 25.3. The normalized spacial score (nSPS) is 11.7.